The molecular weight excluding hydrogens is 294 g/mol. The Balaban J connectivity index is 3.44. The van der Waals surface area contributed by atoms with Crippen molar-refractivity contribution in [1.82, 2.24) is 0 Å². The molecule has 1 N–H and O–H groups in total. The predicted molar refractivity (Wildman–Crippen MR) is 53.8 cm³/mol. The number of methoxy groups -OCH3 is 1. The van der Waals surface area contributed by atoms with E-state index < -0.39 is 47.2 Å². The average Bonchev–Trinajstić information content (AvgIpc) is 2.28. The lowest BCUT2D eigenvalue weighted by Gasteiger charge is -2.17. The van der Waals surface area contributed by atoms with Gasteiger partial charge in [0.2, 0.25) is 0 Å². The number of ether oxygens (including phenoxy) is 1. The van der Waals surface area contributed by atoms with Crippen molar-refractivity contribution in [2.75, 3.05) is 7.11 Å². The normalized spacial score (nSPS) is 12.3. The lowest BCUT2D eigenvalue weighted by molar-refractivity contribution is -0.162. The molecule has 0 aromatic heterocycles. The summed E-state index contributed by atoms with van der Waals surface area (Å²) in [5.74, 6) is -2.05. The second kappa shape index (κ2) is 5.22. The van der Waals surface area contributed by atoms with E-state index in [2.05, 4.69) is 4.74 Å². The molecule has 0 amide bonds. The van der Waals surface area contributed by atoms with Gasteiger partial charge in [-0.25, -0.2) is 0 Å². The molecule has 0 saturated carbocycles. The number of hydrogen-bond acceptors (Lipinski definition) is 3. The van der Waals surface area contributed by atoms with E-state index in [0.29, 0.717) is 0 Å². The summed E-state index contributed by atoms with van der Waals surface area (Å²) < 4.78 is 79.6. The molecule has 3 nitrogen and oxygen atoms in total. The van der Waals surface area contributed by atoms with E-state index in [1.165, 1.54) is 0 Å². The Morgan fingerprint density at radius 2 is 1.55 bits per heavy atom. The molecule has 1 rings (SSSR count). The molecule has 0 heterocycles. The standard InChI is InChI=1S/C11H8F6O3/c1-20-9(19)3-5-2-6(10(12,13)14)7(4-8(5)18)11(15,16)17/h2,4,18H,3H2,1H3. The van der Waals surface area contributed by atoms with E-state index in [-0.39, 0.29) is 12.1 Å². The minimum Gasteiger partial charge on any atom is -0.508 e. The molecule has 0 aliphatic heterocycles. The van der Waals surface area contributed by atoms with Crippen molar-refractivity contribution >= 4 is 5.97 Å². The first-order valence-corrected chi connectivity index (χ1v) is 5.04. The maximum atomic E-state index is 12.6. The van der Waals surface area contributed by atoms with Gasteiger partial charge in [-0.15, -0.1) is 0 Å². The number of aromatic hydroxyl groups is 1. The second-order valence-corrected chi connectivity index (χ2v) is 3.77. The highest BCUT2D eigenvalue weighted by Gasteiger charge is 2.43. The molecule has 20 heavy (non-hydrogen) atoms. The molecule has 0 saturated heterocycles. The quantitative estimate of drug-likeness (QED) is 0.674. The van der Waals surface area contributed by atoms with Crippen LogP contribution in [0.1, 0.15) is 16.7 Å². The Morgan fingerprint density at radius 1 is 1.10 bits per heavy atom. The summed E-state index contributed by atoms with van der Waals surface area (Å²) in [6.45, 7) is 0. The number of carbonyl (C=O) groups excluding carboxylic acids is 1. The number of hydrogen-bond donors (Lipinski definition) is 1. The zero-order valence-electron chi connectivity index (χ0n) is 9.89. The lowest BCUT2D eigenvalue weighted by Crippen LogP contribution is -2.17. The van der Waals surface area contributed by atoms with Gasteiger partial charge in [-0.1, -0.05) is 0 Å². The first kappa shape index (κ1) is 16.1. The van der Waals surface area contributed by atoms with Gasteiger partial charge in [-0.05, 0) is 12.1 Å². The largest absolute Gasteiger partial charge is 0.508 e. The van der Waals surface area contributed by atoms with E-state index in [1.807, 2.05) is 0 Å². The van der Waals surface area contributed by atoms with Crippen LogP contribution in [0.15, 0.2) is 12.1 Å². The van der Waals surface area contributed by atoms with Crippen molar-refractivity contribution in [2.45, 2.75) is 18.8 Å². The number of carbonyl (C=O) groups is 1. The summed E-state index contributed by atoms with van der Waals surface area (Å²) in [6.07, 6.45) is -11.3. The van der Waals surface area contributed by atoms with Crippen LogP contribution in [-0.2, 0) is 28.3 Å². The summed E-state index contributed by atoms with van der Waals surface area (Å²) in [5, 5.41) is 9.31. The first-order chi connectivity index (χ1) is 8.96. The van der Waals surface area contributed by atoms with E-state index in [9.17, 15) is 36.2 Å². The van der Waals surface area contributed by atoms with Gasteiger partial charge < -0.3 is 9.84 Å². The number of alkyl halides is 6. The molecule has 0 atom stereocenters. The Hall–Kier alpha value is -1.93. The summed E-state index contributed by atoms with van der Waals surface area (Å²) in [4.78, 5) is 10.9. The molecule has 1 aromatic carbocycles. The average molecular weight is 302 g/mol. The molecule has 0 radical (unpaired) electrons. The number of esters is 1. The maximum absolute atomic E-state index is 12.6. The van der Waals surface area contributed by atoms with E-state index in [1.54, 1.807) is 0 Å². The fraction of sp³-hybridized carbons (Fsp3) is 0.364. The molecule has 9 heteroatoms. The van der Waals surface area contributed by atoms with E-state index in [0.717, 1.165) is 7.11 Å². The van der Waals surface area contributed by atoms with Gasteiger partial charge in [-0.3, -0.25) is 4.79 Å². The monoisotopic (exact) mass is 302 g/mol. The van der Waals surface area contributed by atoms with Crippen LogP contribution in [0, 0.1) is 0 Å². The zero-order chi connectivity index (χ0) is 15.7. The fourth-order valence-corrected chi connectivity index (χ4v) is 1.47. The van der Waals surface area contributed by atoms with Crippen molar-refractivity contribution < 1.29 is 41.0 Å². The number of phenolic OH excluding ortho intramolecular Hbond substituents is 1. The second-order valence-electron chi connectivity index (χ2n) is 3.77. The Morgan fingerprint density at radius 3 is 1.95 bits per heavy atom. The molecule has 1 aromatic rings. The molecule has 112 valence electrons. The van der Waals surface area contributed by atoms with Gasteiger partial charge in [0.1, 0.15) is 5.75 Å². The zero-order valence-corrected chi connectivity index (χ0v) is 9.89. The van der Waals surface area contributed by atoms with Crippen molar-refractivity contribution in [3.05, 3.63) is 28.8 Å². The smallest absolute Gasteiger partial charge is 0.417 e. The third-order valence-electron chi connectivity index (χ3n) is 2.39. The third-order valence-corrected chi connectivity index (χ3v) is 2.39. The maximum Gasteiger partial charge on any atom is 0.417 e. The van der Waals surface area contributed by atoms with Gasteiger partial charge in [0.05, 0.1) is 24.7 Å². The topological polar surface area (TPSA) is 46.5 Å². The highest BCUT2D eigenvalue weighted by Crippen LogP contribution is 2.42. The summed E-state index contributed by atoms with van der Waals surface area (Å²) >= 11 is 0. The summed E-state index contributed by atoms with van der Waals surface area (Å²) in [6, 6.07) is 0.0379. The predicted octanol–water partition coefficient (Wildman–Crippen LogP) is 3.15. The third kappa shape index (κ3) is 3.55. The molecule has 0 spiro atoms. The minimum atomic E-state index is -5.29. The van der Waals surface area contributed by atoms with Crippen LogP contribution in [0.4, 0.5) is 26.3 Å². The van der Waals surface area contributed by atoms with Crippen LogP contribution in [0.3, 0.4) is 0 Å². The summed E-state index contributed by atoms with van der Waals surface area (Å²) in [5.41, 5.74) is -4.59. The SMILES string of the molecule is COC(=O)Cc1cc(C(F)(F)F)c(C(F)(F)F)cc1O. The Labute approximate surface area is 108 Å². The van der Waals surface area contributed by atoms with E-state index >= 15 is 0 Å². The molecule has 0 bridgehead atoms. The molecular formula is C11H8F6O3. The number of rotatable bonds is 2. The van der Waals surface area contributed by atoms with Crippen LogP contribution in [0.5, 0.6) is 5.75 Å². The van der Waals surface area contributed by atoms with Gasteiger partial charge in [0.15, 0.2) is 0 Å². The highest BCUT2D eigenvalue weighted by molar-refractivity contribution is 5.73. The fourth-order valence-electron chi connectivity index (χ4n) is 1.47. The van der Waals surface area contributed by atoms with E-state index in [4.69, 9.17) is 0 Å². The van der Waals surface area contributed by atoms with Crippen LogP contribution in [-0.4, -0.2) is 18.2 Å². The van der Waals surface area contributed by atoms with Gasteiger partial charge in [0.25, 0.3) is 0 Å². The van der Waals surface area contributed by atoms with Gasteiger partial charge in [-0.2, -0.15) is 26.3 Å². The van der Waals surface area contributed by atoms with Gasteiger partial charge in [0, 0.05) is 5.56 Å². The molecule has 0 fully saturated rings. The van der Waals surface area contributed by atoms with Crippen LogP contribution >= 0.6 is 0 Å². The Bertz CT molecular complexity index is 518. The first-order valence-electron chi connectivity index (χ1n) is 5.04. The molecule has 0 aliphatic rings. The minimum absolute atomic E-state index is 0.0545. The Kier molecular flexibility index (Phi) is 4.21. The summed E-state index contributed by atoms with van der Waals surface area (Å²) in [7, 11) is 0.953. The highest BCUT2D eigenvalue weighted by atomic mass is 19.4. The molecule has 0 aliphatic carbocycles. The van der Waals surface area contributed by atoms with Crippen molar-refractivity contribution in [1.29, 1.82) is 0 Å². The lowest BCUT2D eigenvalue weighted by atomic mass is 10.00. The number of halogens is 6. The van der Waals surface area contributed by atoms with Crippen molar-refractivity contribution in [2.24, 2.45) is 0 Å². The van der Waals surface area contributed by atoms with Crippen LogP contribution in [0.2, 0.25) is 0 Å². The van der Waals surface area contributed by atoms with Crippen molar-refractivity contribution in [3.8, 4) is 5.75 Å². The van der Waals surface area contributed by atoms with Crippen LogP contribution < -0.4 is 0 Å². The number of benzene rings is 1. The van der Waals surface area contributed by atoms with Gasteiger partial charge >= 0.3 is 18.3 Å². The number of phenols is 1. The van der Waals surface area contributed by atoms with Crippen molar-refractivity contribution in [3.63, 3.8) is 0 Å². The van der Waals surface area contributed by atoms with Crippen LogP contribution in [0.25, 0.3) is 0 Å². The molecule has 0 unspecified atom stereocenters.